The molecule has 1 N–H and O–H groups in total. The van der Waals surface area contributed by atoms with Crippen molar-refractivity contribution in [1.82, 2.24) is 19.0 Å². The normalized spacial score (nSPS) is 27.8. The summed E-state index contributed by atoms with van der Waals surface area (Å²) in [5.41, 5.74) is 1.10. The van der Waals surface area contributed by atoms with E-state index in [1.807, 2.05) is 38.6 Å². The second-order valence-electron chi connectivity index (χ2n) is 7.94. The second-order valence-corrected chi connectivity index (χ2v) is 7.94. The van der Waals surface area contributed by atoms with E-state index in [9.17, 15) is 9.90 Å². The van der Waals surface area contributed by atoms with Crippen molar-refractivity contribution in [2.45, 2.75) is 31.5 Å². The van der Waals surface area contributed by atoms with Crippen molar-refractivity contribution >= 4 is 16.8 Å². The number of benzene rings is 1. The number of aliphatic hydroxyl groups is 1. The van der Waals surface area contributed by atoms with Crippen LogP contribution in [-0.4, -0.2) is 49.2 Å². The minimum atomic E-state index is -0.371. The number of amides is 1. The van der Waals surface area contributed by atoms with Crippen LogP contribution in [-0.2, 0) is 11.3 Å². The predicted molar refractivity (Wildman–Crippen MR) is 102 cm³/mol. The van der Waals surface area contributed by atoms with Crippen molar-refractivity contribution < 1.29 is 9.90 Å². The van der Waals surface area contributed by atoms with Gasteiger partial charge in [0.15, 0.2) is 0 Å². The summed E-state index contributed by atoms with van der Waals surface area (Å²) in [5, 5.41) is 11.7. The molecule has 0 bridgehead atoms. The van der Waals surface area contributed by atoms with Gasteiger partial charge in [-0.15, -0.1) is 0 Å². The number of aromatic nitrogens is 3. The SMILES string of the molecule is O=C(Cn1ccc2ccccc21)N1C[C@H]2C[C@@H](n3ccnc3)[C@H](O)C[C@H]2C1. The number of aliphatic hydroxyl groups excluding tert-OH is 1. The Bertz CT molecular complexity index is 948. The maximum Gasteiger partial charge on any atom is 0.242 e. The summed E-state index contributed by atoms with van der Waals surface area (Å²) in [6, 6.07) is 10.3. The van der Waals surface area contributed by atoms with Gasteiger partial charge in [0.05, 0.1) is 18.5 Å². The van der Waals surface area contributed by atoms with Crippen LogP contribution in [0.2, 0.25) is 0 Å². The highest BCUT2D eigenvalue weighted by atomic mass is 16.3. The van der Waals surface area contributed by atoms with Crippen LogP contribution in [0.25, 0.3) is 10.9 Å². The van der Waals surface area contributed by atoms with Gasteiger partial charge in [0.1, 0.15) is 6.54 Å². The molecule has 1 aliphatic heterocycles. The highest BCUT2D eigenvalue weighted by Crippen LogP contribution is 2.41. The van der Waals surface area contributed by atoms with Gasteiger partial charge in [-0.3, -0.25) is 4.79 Å². The van der Waals surface area contributed by atoms with Gasteiger partial charge in [0.2, 0.25) is 5.91 Å². The molecule has 27 heavy (non-hydrogen) atoms. The second kappa shape index (κ2) is 6.53. The number of para-hydroxylation sites is 1. The Hall–Kier alpha value is -2.60. The van der Waals surface area contributed by atoms with Crippen LogP contribution in [0.1, 0.15) is 18.9 Å². The van der Waals surface area contributed by atoms with E-state index in [-0.39, 0.29) is 18.1 Å². The smallest absolute Gasteiger partial charge is 0.242 e. The van der Waals surface area contributed by atoms with Crippen molar-refractivity contribution in [2.75, 3.05) is 13.1 Å². The molecule has 5 rings (SSSR count). The zero-order valence-electron chi connectivity index (χ0n) is 15.2. The molecular formula is C21H24N4O2. The van der Waals surface area contributed by atoms with Gasteiger partial charge in [0, 0.05) is 37.2 Å². The minimum absolute atomic E-state index is 0.0668. The zero-order chi connectivity index (χ0) is 18.4. The van der Waals surface area contributed by atoms with Gasteiger partial charge in [-0.05, 0) is 42.2 Å². The van der Waals surface area contributed by atoms with Gasteiger partial charge in [-0.1, -0.05) is 18.2 Å². The summed E-state index contributed by atoms with van der Waals surface area (Å²) in [6.07, 6.45) is 8.73. The van der Waals surface area contributed by atoms with E-state index in [1.165, 1.54) is 0 Å². The minimum Gasteiger partial charge on any atom is -0.391 e. The first-order chi connectivity index (χ1) is 13.2. The maximum atomic E-state index is 12.9. The number of hydrogen-bond acceptors (Lipinski definition) is 3. The molecule has 3 heterocycles. The molecule has 0 radical (unpaired) electrons. The molecule has 6 heteroatoms. The number of nitrogens with zero attached hydrogens (tertiary/aromatic N) is 4. The van der Waals surface area contributed by atoms with E-state index in [1.54, 1.807) is 12.5 Å². The molecule has 3 aromatic rings. The Morgan fingerprint density at radius 3 is 2.74 bits per heavy atom. The molecule has 1 saturated heterocycles. The zero-order valence-corrected chi connectivity index (χ0v) is 15.2. The fourth-order valence-electron chi connectivity index (χ4n) is 4.92. The standard InChI is InChI=1S/C21H24N4O2/c26-20-10-17-12-25(11-16(17)9-19(20)24-8-6-22-14-24)21(27)13-23-7-5-15-3-1-2-4-18(15)23/h1-8,14,16-17,19-20,26H,9-13H2/t16-,17+,19-,20-/m1/s1. The number of carbonyl (C=O) groups excluding carboxylic acids is 1. The van der Waals surface area contributed by atoms with Crippen LogP contribution in [0.5, 0.6) is 0 Å². The molecule has 4 atom stereocenters. The van der Waals surface area contributed by atoms with Gasteiger partial charge in [0.25, 0.3) is 0 Å². The lowest BCUT2D eigenvalue weighted by molar-refractivity contribution is -0.130. The molecule has 1 amide bonds. The summed E-state index contributed by atoms with van der Waals surface area (Å²) in [6.45, 7) is 1.93. The molecule has 140 valence electrons. The molecule has 2 aliphatic rings. The first-order valence-electron chi connectivity index (χ1n) is 9.66. The van der Waals surface area contributed by atoms with E-state index in [0.29, 0.717) is 18.4 Å². The Balaban J connectivity index is 1.28. The van der Waals surface area contributed by atoms with Gasteiger partial charge in [-0.2, -0.15) is 0 Å². The van der Waals surface area contributed by atoms with E-state index in [4.69, 9.17) is 0 Å². The largest absolute Gasteiger partial charge is 0.391 e. The number of likely N-dealkylation sites (tertiary alicyclic amines) is 1. The monoisotopic (exact) mass is 364 g/mol. The molecule has 1 aliphatic carbocycles. The van der Waals surface area contributed by atoms with Crippen molar-refractivity contribution in [1.29, 1.82) is 0 Å². The molecule has 1 saturated carbocycles. The Morgan fingerprint density at radius 1 is 1.11 bits per heavy atom. The van der Waals surface area contributed by atoms with Crippen LogP contribution in [0.15, 0.2) is 55.2 Å². The van der Waals surface area contributed by atoms with Crippen molar-refractivity contribution in [3.05, 3.63) is 55.2 Å². The van der Waals surface area contributed by atoms with E-state index in [2.05, 4.69) is 23.2 Å². The first kappa shape index (κ1) is 16.6. The average molecular weight is 364 g/mol. The lowest BCUT2D eigenvalue weighted by Crippen LogP contribution is -2.35. The first-order valence-corrected chi connectivity index (χ1v) is 9.66. The molecule has 1 aromatic carbocycles. The third-order valence-corrected chi connectivity index (χ3v) is 6.36. The fourth-order valence-corrected chi connectivity index (χ4v) is 4.92. The van der Waals surface area contributed by atoms with Gasteiger partial charge in [-0.25, -0.2) is 4.98 Å². The van der Waals surface area contributed by atoms with Crippen LogP contribution >= 0.6 is 0 Å². The molecular weight excluding hydrogens is 340 g/mol. The average Bonchev–Trinajstić information content (AvgIpc) is 3.40. The quantitative estimate of drug-likeness (QED) is 0.776. The van der Waals surface area contributed by atoms with Crippen LogP contribution in [0.3, 0.4) is 0 Å². The molecule has 2 fully saturated rings. The number of imidazole rings is 1. The molecule has 0 spiro atoms. The summed E-state index contributed by atoms with van der Waals surface area (Å²) >= 11 is 0. The highest BCUT2D eigenvalue weighted by molar-refractivity contribution is 5.83. The number of fused-ring (bicyclic) bond motifs is 2. The maximum absolute atomic E-state index is 12.9. The summed E-state index contributed by atoms with van der Waals surface area (Å²) < 4.78 is 4.04. The number of hydrogen-bond donors (Lipinski definition) is 1. The summed E-state index contributed by atoms with van der Waals surface area (Å²) in [4.78, 5) is 19.0. The Labute approximate surface area is 158 Å². The predicted octanol–water partition coefficient (Wildman–Crippen LogP) is 2.31. The lowest BCUT2D eigenvalue weighted by Gasteiger charge is -2.35. The van der Waals surface area contributed by atoms with Crippen LogP contribution < -0.4 is 0 Å². The van der Waals surface area contributed by atoms with Crippen molar-refractivity contribution in [3.63, 3.8) is 0 Å². The van der Waals surface area contributed by atoms with Crippen molar-refractivity contribution in [3.8, 4) is 0 Å². The molecule has 0 unspecified atom stereocenters. The number of rotatable bonds is 3. The summed E-state index contributed by atoms with van der Waals surface area (Å²) in [7, 11) is 0. The highest BCUT2D eigenvalue weighted by Gasteiger charge is 2.43. The Kier molecular flexibility index (Phi) is 4.01. The van der Waals surface area contributed by atoms with E-state index < -0.39 is 0 Å². The third-order valence-electron chi connectivity index (χ3n) is 6.36. The lowest BCUT2D eigenvalue weighted by atomic mass is 9.77. The Morgan fingerprint density at radius 2 is 1.93 bits per heavy atom. The van der Waals surface area contributed by atoms with Gasteiger partial charge < -0.3 is 19.1 Å². The fraction of sp³-hybridized carbons (Fsp3) is 0.429. The molecule has 6 nitrogen and oxygen atoms in total. The topological polar surface area (TPSA) is 63.3 Å². The van der Waals surface area contributed by atoms with Crippen LogP contribution in [0, 0.1) is 11.8 Å². The van der Waals surface area contributed by atoms with Gasteiger partial charge >= 0.3 is 0 Å². The van der Waals surface area contributed by atoms with E-state index in [0.717, 1.165) is 36.8 Å². The molecule has 2 aromatic heterocycles. The third kappa shape index (κ3) is 2.94. The van der Waals surface area contributed by atoms with Crippen molar-refractivity contribution in [2.24, 2.45) is 11.8 Å². The summed E-state index contributed by atoms with van der Waals surface area (Å²) in [5.74, 6) is 1.01. The number of carbonyl (C=O) groups is 1. The van der Waals surface area contributed by atoms with Crippen LogP contribution in [0.4, 0.5) is 0 Å². The van der Waals surface area contributed by atoms with E-state index >= 15 is 0 Å².